The number of halogens is 1. The molecule has 0 atom stereocenters. The van der Waals surface area contributed by atoms with Crippen molar-refractivity contribution in [3.8, 4) is 11.4 Å². The van der Waals surface area contributed by atoms with Gasteiger partial charge in [0.2, 0.25) is 0 Å². The molecule has 6 nitrogen and oxygen atoms in total. The van der Waals surface area contributed by atoms with Crippen molar-refractivity contribution in [2.45, 2.75) is 57.9 Å². The van der Waals surface area contributed by atoms with E-state index in [-0.39, 0.29) is 10.3 Å². The summed E-state index contributed by atoms with van der Waals surface area (Å²) in [6.45, 7) is 10.9. The van der Waals surface area contributed by atoms with E-state index in [1.165, 1.54) is 0 Å². The first kappa shape index (κ1) is 22.3. The number of rotatable bonds is 6. The van der Waals surface area contributed by atoms with Gasteiger partial charge in [-0.1, -0.05) is 51.4 Å². The van der Waals surface area contributed by atoms with E-state index in [9.17, 15) is 8.42 Å². The van der Waals surface area contributed by atoms with Gasteiger partial charge in [0.15, 0.2) is 5.82 Å². The van der Waals surface area contributed by atoms with Crippen LogP contribution in [0.25, 0.3) is 11.4 Å². The van der Waals surface area contributed by atoms with Crippen LogP contribution >= 0.6 is 11.6 Å². The fourth-order valence-corrected chi connectivity index (χ4v) is 4.51. The van der Waals surface area contributed by atoms with Crippen LogP contribution in [0.1, 0.15) is 46.0 Å². The highest BCUT2D eigenvalue weighted by molar-refractivity contribution is 7.92. The third kappa shape index (κ3) is 4.52. The second-order valence-electron chi connectivity index (χ2n) is 8.11. The molecule has 0 aliphatic heterocycles. The molecule has 3 rings (SSSR count). The van der Waals surface area contributed by atoms with Gasteiger partial charge in [-0.05, 0) is 48.2 Å². The van der Waals surface area contributed by atoms with Crippen molar-refractivity contribution in [3.05, 3.63) is 58.9 Å². The van der Waals surface area contributed by atoms with Gasteiger partial charge in [0.05, 0.1) is 10.6 Å². The molecule has 0 saturated heterocycles. The summed E-state index contributed by atoms with van der Waals surface area (Å²) in [5.41, 5.74) is 2.01. The molecule has 0 amide bonds. The molecule has 0 fully saturated rings. The standard InChI is InChI=1S/C22H27ClN4O2S/c1-6-20-24-25-21(27(20)7-2)18-14-16(23)10-13-19(18)26-30(28,29)17-11-8-15(9-12-17)22(3,4)5/h8-14,26H,6-7H2,1-5H3. The van der Waals surface area contributed by atoms with Crippen LogP contribution in [-0.4, -0.2) is 23.2 Å². The Morgan fingerprint density at radius 1 is 1.03 bits per heavy atom. The van der Waals surface area contributed by atoms with Crippen LogP contribution in [0.2, 0.25) is 5.02 Å². The highest BCUT2D eigenvalue weighted by Gasteiger charge is 2.21. The lowest BCUT2D eigenvalue weighted by Gasteiger charge is -2.19. The van der Waals surface area contributed by atoms with E-state index in [2.05, 4.69) is 35.7 Å². The number of hydrogen-bond acceptors (Lipinski definition) is 4. The zero-order valence-electron chi connectivity index (χ0n) is 17.9. The Morgan fingerprint density at radius 3 is 2.27 bits per heavy atom. The second kappa shape index (κ2) is 8.40. The van der Waals surface area contributed by atoms with E-state index in [1.807, 2.05) is 30.5 Å². The van der Waals surface area contributed by atoms with Gasteiger partial charge in [-0.25, -0.2) is 8.42 Å². The van der Waals surface area contributed by atoms with Crippen molar-refractivity contribution in [2.75, 3.05) is 4.72 Å². The van der Waals surface area contributed by atoms with Gasteiger partial charge in [-0.15, -0.1) is 10.2 Å². The highest BCUT2D eigenvalue weighted by atomic mass is 35.5. The molecule has 0 bridgehead atoms. The summed E-state index contributed by atoms with van der Waals surface area (Å²) < 4.78 is 30.8. The van der Waals surface area contributed by atoms with Crippen molar-refractivity contribution >= 4 is 27.3 Å². The first-order chi connectivity index (χ1) is 14.1. The number of nitrogens with one attached hydrogen (secondary N) is 1. The molecule has 1 aromatic heterocycles. The van der Waals surface area contributed by atoms with Crippen LogP contribution in [0.3, 0.4) is 0 Å². The molecule has 2 aromatic carbocycles. The SMILES string of the molecule is CCc1nnc(-c2cc(Cl)ccc2NS(=O)(=O)c2ccc(C(C)(C)C)cc2)n1CC. The predicted octanol–water partition coefficient (Wildman–Crippen LogP) is 5.28. The summed E-state index contributed by atoms with van der Waals surface area (Å²) in [5.74, 6) is 1.41. The van der Waals surface area contributed by atoms with Crippen LogP contribution in [0.5, 0.6) is 0 Å². The maximum absolute atomic E-state index is 13.1. The van der Waals surface area contributed by atoms with Gasteiger partial charge in [0.25, 0.3) is 10.0 Å². The zero-order chi connectivity index (χ0) is 22.1. The van der Waals surface area contributed by atoms with Crippen molar-refractivity contribution in [3.63, 3.8) is 0 Å². The average Bonchev–Trinajstić information content (AvgIpc) is 3.11. The van der Waals surface area contributed by atoms with Crippen molar-refractivity contribution < 1.29 is 8.42 Å². The Balaban J connectivity index is 2.02. The van der Waals surface area contributed by atoms with Crippen LogP contribution in [0.4, 0.5) is 5.69 Å². The molecular weight excluding hydrogens is 420 g/mol. The highest BCUT2D eigenvalue weighted by Crippen LogP contribution is 2.32. The Hall–Kier alpha value is -2.38. The molecule has 1 heterocycles. The molecule has 0 aliphatic carbocycles. The molecule has 0 radical (unpaired) electrons. The molecule has 0 unspecified atom stereocenters. The van der Waals surface area contributed by atoms with E-state index in [0.717, 1.165) is 17.8 Å². The van der Waals surface area contributed by atoms with Crippen LogP contribution in [0, 0.1) is 0 Å². The zero-order valence-corrected chi connectivity index (χ0v) is 19.5. The lowest BCUT2D eigenvalue weighted by molar-refractivity contribution is 0.587. The van der Waals surface area contributed by atoms with E-state index in [1.54, 1.807) is 30.3 Å². The van der Waals surface area contributed by atoms with Gasteiger partial charge in [0.1, 0.15) is 5.82 Å². The monoisotopic (exact) mass is 446 g/mol. The fraction of sp³-hybridized carbons (Fsp3) is 0.364. The number of aryl methyl sites for hydroxylation is 1. The minimum absolute atomic E-state index is 0.0553. The third-order valence-electron chi connectivity index (χ3n) is 4.96. The number of hydrogen-bond donors (Lipinski definition) is 1. The van der Waals surface area contributed by atoms with Crippen molar-refractivity contribution in [1.29, 1.82) is 0 Å². The molecule has 30 heavy (non-hydrogen) atoms. The summed E-state index contributed by atoms with van der Waals surface area (Å²) in [6.07, 6.45) is 0.725. The van der Waals surface area contributed by atoms with Gasteiger partial charge in [-0.2, -0.15) is 0 Å². The minimum atomic E-state index is -3.79. The Bertz CT molecular complexity index is 1150. The summed E-state index contributed by atoms with van der Waals surface area (Å²) in [7, 11) is -3.79. The summed E-state index contributed by atoms with van der Waals surface area (Å²) in [5, 5.41) is 9.02. The van der Waals surface area contributed by atoms with Crippen LogP contribution < -0.4 is 4.72 Å². The first-order valence-electron chi connectivity index (χ1n) is 9.92. The number of nitrogens with zero attached hydrogens (tertiary/aromatic N) is 3. The summed E-state index contributed by atoms with van der Waals surface area (Å²) in [6, 6.07) is 12.0. The van der Waals surface area contributed by atoms with Crippen molar-refractivity contribution in [2.24, 2.45) is 0 Å². The van der Waals surface area contributed by atoms with Crippen LogP contribution in [-0.2, 0) is 28.4 Å². The molecule has 160 valence electrons. The second-order valence-corrected chi connectivity index (χ2v) is 10.2. The Labute approximate surface area is 183 Å². The van der Waals surface area contributed by atoms with Gasteiger partial charge < -0.3 is 4.57 Å². The fourth-order valence-electron chi connectivity index (χ4n) is 3.26. The first-order valence-corrected chi connectivity index (χ1v) is 11.8. The lowest BCUT2D eigenvalue weighted by atomic mass is 9.87. The molecule has 0 aliphatic rings. The van der Waals surface area contributed by atoms with E-state index >= 15 is 0 Å². The predicted molar refractivity (Wildman–Crippen MR) is 121 cm³/mol. The molecule has 1 N–H and O–H groups in total. The summed E-state index contributed by atoms with van der Waals surface area (Å²) >= 11 is 6.22. The Kier molecular flexibility index (Phi) is 6.24. The number of sulfonamides is 1. The largest absolute Gasteiger partial charge is 0.311 e. The normalized spacial score (nSPS) is 12.2. The quantitative estimate of drug-likeness (QED) is 0.558. The van der Waals surface area contributed by atoms with Gasteiger partial charge >= 0.3 is 0 Å². The minimum Gasteiger partial charge on any atom is -0.311 e. The number of anilines is 1. The van der Waals surface area contributed by atoms with Crippen LogP contribution in [0.15, 0.2) is 47.4 Å². The number of aromatic nitrogens is 3. The van der Waals surface area contributed by atoms with E-state index in [4.69, 9.17) is 11.6 Å². The molecule has 3 aromatic rings. The molecular formula is C22H27ClN4O2S. The smallest absolute Gasteiger partial charge is 0.261 e. The summed E-state index contributed by atoms with van der Waals surface area (Å²) in [4.78, 5) is 0.197. The maximum atomic E-state index is 13.1. The van der Waals surface area contributed by atoms with E-state index in [0.29, 0.717) is 28.6 Å². The molecule has 0 saturated carbocycles. The maximum Gasteiger partial charge on any atom is 0.261 e. The lowest BCUT2D eigenvalue weighted by Crippen LogP contribution is -2.15. The molecule has 8 heteroatoms. The number of benzene rings is 2. The average molecular weight is 447 g/mol. The van der Waals surface area contributed by atoms with Gasteiger partial charge in [0, 0.05) is 23.6 Å². The third-order valence-corrected chi connectivity index (χ3v) is 6.57. The topological polar surface area (TPSA) is 76.9 Å². The van der Waals surface area contributed by atoms with Gasteiger partial charge in [-0.3, -0.25) is 4.72 Å². The Morgan fingerprint density at radius 2 is 1.70 bits per heavy atom. The van der Waals surface area contributed by atoms with Crippen molar-refractivity contribution in [1.82, 2.24) is 14.8 Å². The van der Waals surface area contributed by atoms with E-state index < -0.39 is 10.0 Å². The molecule has 0 spiro atoms.